The van der Waals surface area contributed by atoms with Gasteiger partial charge in [0.1, 0.15) is 0 Å². The van der Waals surface area contributed by atoms with E-state index in [1.165, 1.54) is 4.68 Å². The maximum Gasteiger partial charge on any atom is 0.365 e. The predicted molar refractivity (Wildman–Crippen MR) is 124 cm³/mol. The third-order valence-corrected chi connectivity index (χ3v) is 5.64. The molecule has 3 rings (SSSR count). The minimum absolute atomic E-state index is 0.0940. The van der Waals surface area contributed by atoms with Crippen molar-refractivity contribution in [2.75, 3.05) is 0 Å². The van der Waals surface area contributed by atoms with E-state index in [1.807, 2.05) is 63.2 Å². The lowest BCUT2D eigenvalue weighted by molar-refractivity contribution is -0.153. The zero-order valence-electron chi connectivity index (χ0n) is 19.2. The van der Waals surface area contributed by atoms with Crippen LogP contribution in [0.2, 0.25) is 0 Å². The molecule has 33 heavy (non-hydrogen) atoms. The SMILES string of the molecule is CCCCC(=O)N(Cc1ccc(-c2ccccc2-n2nn[nH]c2=O)cc1)[C@@H](C(C)C)C(O)O. The smallest absolute Gasteiger partial charge is 0.365 e. The molecule has 0 unspecified atom stereocenters. The lowest BCUT2D eigenvalue weighted by Crippen LogP contribution is -2.49. The molecule has 9 nitrogen and oxygen atoms in total. The molecule has 1 heterocycles. The molecule has 3 N–H and O–H groups in total. The number of amides is 1. The lowest BCUT2D eigenvalue weighted by atomic mass is 9.98. The van der Waals surface area contributed by atoms with Crippen LogP contribution in [0.15, 0.2) is 53.3 Å². The monoisotopic (exact) mass is 453 g/mol. The Hall–Kier alpha value is -3.30. The van der Waals surface area contributed by atoms with Gasteiger partial charge in [0.2, 0.25) is 5.91 Å². The standard InChI is InChI=1S/C24H31N5O4/c1-4-5-10-21(30)28(22(16(2)3)23(31)32)15-17-11-13-18(14-12-17)19-8-6-7-9-20(19)29-24(33)25-26-27-29/h6-9,11-14,16,22-23,31-32H,4-5,10,15H2,1-3H3,(H,25,27,33)/t22-/m0/s1. The zero-order chi connectivity index (χ0) is 24.0. The molecule has 0 bridgehead atoms. The van der Waals surface area contributed by atoms with Crippen LogP contribution in [-0.4, -0.2) is 53.6 Å². The van der Waals surface area contributed by atoms with Gasteiger partial charge in [0.15, 0.2) is 6.29 Å². The van der Waals surface area contributed by atoms with Crippen LogP contribution in [0.5, 0.6) is 0 Å². The molecular weight excluding hydrogens is 422 g/mol. The number of aromatic nitrogens is 4. The Labute approximate surface area is 192 Å². The Morgan fingerprint density at radius 1 is 1.12 bits per heavy atom. The molecule has 176 valence electrons. The fourth-order valence-corrected chi connectivity index (χ4v) is 3.94. The molecule has 0 saturated carbocycles. The van der Waals surface area contributed by atoms with Gasteiger partial charge in [-0.25, -0.2) is 9.89 Å². The molecule has 1 amide bonds. The molecule has 0 aliphatic rings. The van der Waals surface area contributed by atoms with Crippen LogP contribution in [-0.2, 0) is 11.3 Å². The van der Waals surface area contributed by atoms with Crippen molar-refractivity contribution in [3.8, 4) is 16.8 Å². The molecule has 0 aliphatic carbocycles. The number of benzene rings is 2. The molecule has 0 aliphatic heterocycles. The second-order valence-electron chi connectivity index (χ2n) is 8.41. The van der Waals surface area contributed by atoms with E-state index in [0.29, 0.717) is 12.1 Å². The number of nitrogens with one attached hydrogen (secondary N) is 1. The molecule has 0 radical (unpaired) electrons. The van der Waals surface area contributed by atoms with Crippen LogP contribution in [0.1, 0.15) is 45.6 Å². The minimum Gasteiger partial charge on any atom is -0.366 e. The van der Waals surface area contributed by atoms with Crippen molar-refractivity contribution in [3.05, 3.63) is 64.6 Å². The number of para-hydroxylation sites is 1. The molecule has 3 aromatic rings. The summed E-state index contributed by atoms with van der Waals surface area (Å²) in [5, 5.41) is 29.6. The van der Waals surface area contributed by atoms with Gasteiger partial charge in [0.25, 0.3) is 0 Å². The first-order valence-corrected chi connectivity index (χ1v) is 11.2. The molecule has 1 atom stereocenters. The van der Waals surface area contributed by atoms with Crippen molar-refractivity contribution in [3.63, 3.8) is 0 Å². The number of rotatable bonds is 10. The van der Waals surface area contributed by atoms with E-state index in [2.05, 4.69) is 15.5 Å². The summed E-state index contributed by atoms with van der Waals surface area (Å²) >= 11 is 0. The number of hydrogen-bond donors (Lipinski definition) is 3. The van der Waals surface area contributed by atoms with Gasteiger partial charge in [-0.3, -0.25) is 4.79 Å². The van der Waals surface area contributed by atoms with Crippen LogP contribution < -0.4 is 5.69 Å². The van der Waals surface area contributed by atoms with Crippen LogP contribution in [0.4, 0.5) is 0 Å². The largest absolute Gasteiger partial charge is 0.366 e. The molecule has 9 heteroatoms. The summed E-state index contributed by atoms with van der Waals surface area (Å²) in [4.78, 5) is 26.5. The Morgan fingerprint density at radius 2 is 1.82 bits per heavy atom. The highest BCUT2D eigenvalue weighted by atomic mass is 16.5. The summed E-state index contributed by atoms with van der Waals surface area (Å²) in [6, 6.07) is 14.3. The van der Waals surface area contributed by atoms with Crippen LogP contribution in [0.25, 0.3) is 16.8 Å². The summed E-state index contributed by atoms with van der Waals surface area (Å²) in [5.41, 5.74) is 2.72. The Bertz CT molecular complexity index is 1100. The summed E-state index contributed by atoms with van der Waals surface area (Å²) < 4.78 is 1.20. The average molecular weight is 454 g/mol. The van der Waals surface area contributed by atoms with Gasteiger partial charge >= 0.3 is 5.69 Å². The quantitative estimate of drug-likeness (QED) is 0.405. The molecule has 0 fully saturated rings. The maximum atomic E-state index is 12.9. The Kier molecular flexibility index (Phi) is 8.13. The number of aliphatic hydroxyl groups excluding tert-OH is 1. The summed E-state index contributed by atoms with van der Waals surface area (Å²) in [6.07, 6.45) is 0.377. The van der Waals surface area contributed by atoms with Crippen LogP contribution in [0, 0.1) is 5.92 Å². The van der Waals surface area contributed by atoms with Crippen LogP contribution in [0.3, 0.4) is 0 Å². The second kappa shape index (κ2) is 11.0. The second-order valence-corrected chi connectivity index (χ2v) is 8.41. The molecule has 1 aromatic heterocycles. The molecular formula is C24H31N5O4. The van der Waals surface area contributed by atoms with Crippen molar-refractivity contribution in [2.24, 2.45) is 5.92 Å². The Morgan fingerprint density at radius 3 is 2.39 bits per heavy atom. The van der Waals surface area contributed by atoms with Gasteiger partial charge in [-0.2, -0.15) is 4.68 Å². The number of nitrogens with zero attached hydrogens (tertiary/aromatic N) is 4. The number of hydrogen-bond acceptors (Lipinski definition) is 6. The highest BCUT2D eigenvalue weighted by Crippen LogP contribution is 2.27. The lowest BCUT2D eigenvalue weighted by Gasteiger charge is -2.36. The van der Waals surface area contributed by atoms with Gasteiger partial charge < -0.3 is 15.1 Å². The summed E-state index contributed by atoms with van der Waals surface area (Å²) in [7, 11) is 0. The van der Waals surface area contributed by atoms with E-state index in [9.17, 15) is 19.8 Å². The number of H-pyrrole nitrogens is 1. The minimum atomic E-state index is -1.62. The first kappa shape index (κ1) is 24.3. The molecule has 0 spiro atoms. The fraction of sp³-hybridized carbons (Fsp3) is 0.417. The predicted octanol–water partition coefficient (Wildman–Crippen LogP) is 2.48. The van der Waals surface area contributed by atoms with Crippen LogP contribution >= 0.6 is 0 Å². The van der Waals surface area contributed by atoms with E-state index in [1.54, 1.807) is 11.0 Å². The first-order valence-electron chi connectivity index (χ1n) is 11.2. The maximum absolute atomic E-state index is 12.9. The van der Waals surface area contributed by atoms with Crippen molar-refractivity contribution in [1.82, 2.24) is 25.1 Å². The summed E-state index contributed by atoms with van der Waals surface area (Å²) in [6.45, 7) is 6.03. The average Bonchev–Trinajstić information content (AvgIpc) is 3.22. The normalized spacial score (nSPS) is 12.3. The first-order chi connectivity index (χ1) is 15.8. The highest BCUT2D eigenvalue weighted by Gasteiger charge is 2.31. The molecule has 0 saturated heterocycles. The molecule has 2 aromatic carbocycles. The number of carbonyl (C=O) groups is 1. The topological polar surface area (TPSA) is 124 Å². The summed E-state index contributed by atoms with van der Waals surface area (Å²) in [5.74, 6) is -0.217. The van der Waals surface area contributed by atoms with E-state index in [0.717, 1.165) is 29.5 Å². The number of aromatic amines is 1. The van der Waals surface area contributed by atoms with Gasteiger partial charge in [0, 0.05) is 18.5 Å². The van der Waals surface area contributed by atoms with Crippen molar-refractivity contribution >= 4 is 5.91 Å². The third-order valence-electron chi connectivity index (χ3n) is 5.64. The fourth-order valence-electron chi connectivity index (χ4n) is 3.94. The van der Waals surface area contributed by atoms with E-state index < -0.39 is 18.0 Å². The Balaban J connectivity index is 1.89. The van der Waals surface area contributed by atoms with Gasteiger partial charge in [0.05, 0.1) is 11.7 Å². The number of aliphatic hydroxyl groups is 2. The van der Waals surface area contributed by atoms with Crippen molar-refractivity contribution in [2.45, 2.75) is 58.9 Å². The third kappa shape index (κ3) is 5.74. The van der Waals surface area contributed by atoms with Gasteiger partial charge in [-0.05, 0) is 40.0 Å². The van der Waals surface area contributed by atoms with Crippen molar-refractivity contribution in [1.29, 1.82) is 0 Å². The van der Waals surface area contributed by atoms with Crippen molar-refractivity contribution < 1.29 is 15.0 Å². The van der Waals surface area contributed by atoms with Gasteiger partial charge in [-0.1, -0.05) is 69.7 Å². The van der Waals surface area contributed by atoms with Gasteiger partial charge in [-0.15, -0.1) is 0 Å². The number of carbonyl (C=O) groups excluding carboxylic acids is 1. The van der Waals surface area contributed by atoms with E-state index in [-0.39, 0.29) is 18.4 Å². The highest BCUT2D eigenvalue weighted by molar-refractivity contribution is 5.77. The van der Waals surface area contributed by atoms with E-state index in [4.69, 9.17) is 0 Å². The number of tetrazole rings is 1. The zero-order valence-corrected chi connectivity index (χ0v) is 19.2. The van der Waals surface area contributed by atoms with E-state index >= 15 is 0 Å². The number of unbranched alkanes of at least 4 members (excludes halogenated alkanes) is 1.